The quantitative estimate of drug-likeness (QED) is 0.750. The lowest BCUT2D eigenvalue weighted by Gasteiger charge is -2.10. The highest BCUT2D eigenvalue weighted by Crippen LogP contribution is 2.16. The Hall–Kier alpha value is -3.28. The van der Waals surface area contributed by atoms with Gasteiger partial charge in [0, 0.05) is 11.6 Å². The fourth-order valence-electron chi connectivity index (χ4n) is 2.40. The summed E-state index contributed by atoms with van der Waals surface area (Å²) in [5.41, 5.74) is 1.61. The van der Waals surface area contributed by atoms with Crippen molar-refractivity contribution >= 4 is 11.7 Å². The number of benzene rings is 2. The molecule has 2 aromatic carbocycles. The molecule has 6 nitrogen and oxygen atoms in total. The Labute approximate surface area is 146 Å². The Balaban J connectivity index is 1.70. The lowest BCUT2D eigenvalue weighted by molar-refractivity contribution is 0.102. The van der Waals surface area contributed by atoms with Gasteiger partial charge in [-0.2, -0.15) is 5.10 Å². The van der Waals surface area contributed by atoms with Crippen LogP contribution < -0.4 is 14.8 Å². The summed E-state index contributed by atoms with van der Waals surface area (Å²) in [7, 11) is 3.22. The molecule has 0 bridgehead atoms. The van der Waals surface area contributed by atoms with E-state index in [2.05, 4.69) is 10.4 Å². The lowest BCUT2D eigenvalue weighted by atomic mass is 10.2. The monoisotopic (exact) mass is 337 g/mol. The number of nitrogens with zero attached hydrogens (tertiary/aromatic N) is 2. The first-order valence-electron chi connectivity index (χ1n) is 7.80. The van der Waals surface area contributed by atoms with E-state index in [0.717, 1.165) is 11.3 Å². The Kier molecular flexibility index (Phi) is 4.99. The van der Waals surface area contributed by atoms with Crippen LogP contribution in [-0.2, 0) is 6.54 Å². The molecule has 1 heterocycles. The van der Waals surface area contributed by atoms with Crippen LogP contribution in [0.5, 0.6) is 11.5 Å². The molecular weight excluding hydrogens is 318 g/mol. The largest absolute Gasteiger partial charge is 0.497 e. The van der Waals surface area contributed by atoms with Crippen LogP contribution in [-0.4, -0.2) is 29.9 Å². The van der Waals surface area contributed by atoms with E-state index in [1.165, 1.54) is 0 Å². The second-order valence-corrected chi connectivity index (χ2v) is 5.40. The Morgan fingerprint density at radius 2 is 1.56 bits per heavy atom. The summed E-state index contributed by atoms with van der Waals surface area (Å²) in [6.45, 7) is 0.551. The first-order chi connectivity index (χ1) is 12.2. The molecule has 0 spiro atoms. The number of carbonyl (C=O) groups excluding carboxylic acids is 1. The number of hydrogen-bond acceptors (Lipinski definition) is 4. The van der Waals surface area contributed by atoms with E-state index in [1.807, 2.05) is 24.3 Å². The van der Waals surface area contributed by atoms with Crippen molar-refractivity contribution in [3.63, 3.8) is 0 Å². The van der Waals surface area contributed by atoms with Crippen molar-refractivity contribution in [1.29, 1.82) is 0 Å². The zero-order chi connectivity index (χ0) is 17.6. The molecule has 25 heavy (non-hydrogen) atoms. The number of nitrogens with one attached hydrogen (secondary N) is 1. The molecule has 0 saturated heterocycles. The van der Waals surface area contributed by atoms with Gasteiger partial charge in [0.2, 0.25) is 0 Å². The van der Waals surface area contributed by atoms with Crippen LogP contribution >= 0.6 is 0 Å². The van der Waals surface area contributed by atoms with Gasteiger partial charge in [-0.25, -0.2) is 4.68 Å². The third-order valence-electron chi connectivity index (χ3n) is 3.80. The van der Waals surface area contributed by atoms with Gasteiger partial charge in [0.25, 0.3) is 5.91 Å². The van der Waals surface area contributed by atoms with E-state index in [4.69, 9.17) is 9.47 Å². The topological polar surface area (TPSA) is 65.4 Å². The maximum absolute atomic E-state index is 12.4. The highest BCUT2D eigenvalue weighted by molar-refractivity contribution is 6.03. The van der Waals surface area contributed by atoms with Gasteiger partial charge in [-0.1, -0.05) is 12.1 Å². The molecule has 1 N–H and O–H groups in total. The summed E-state index contributed by atoms with van der Waals surface area (Å²) >= 11 is 0. The van der Waals surface area contributed by atoms with Gasteiger partial charge < -0.3 is 14.8 Å². The van der Waals surface area contributed by atoms with Crippen molar-refractivity contribution in [2.45, 2.75) is 6.54 Å². The molecule has 1 amide bonds. The Bertz CT molecular complexity index is 839. The summed E-state index contributed by atoms with van der Waals surface area (Å²) in [5, 5.41) is 7.16. The Morgan fingerprint density at radius 3 is 2.16 bits per heavy atom. The van der Waals surface area contributed by atoms with Crippen LogP contribution in [0.1, 0.15) is 15.9 Å². The predicted molar refractivity (Wildman–Crippen MR) is 95.3 cm³/mol. The minimum absolute atomic E-state index is 0.195. The first kappa shape index (κ1) is 16.6. The van der Waals surface area contributed by atoms with Crippen LogP contribution in [0.3, 0.4) is 0 Å². The van der Waals surface area contributed by atoms with Crippen molar-refractivity contribution in [3.8, 4) is 11.5 Å². The SMILES string of the molecule is COc1ccc(Cn2nccc2NC(=O)c2ccc(OC)cc2)cc1. The number of rotatable bonds is 6. The van der Waals surface area contributed by atoms with Crippen LogP contribution in [0.25, 0.3) is 0 Å². The van der Waals surface area contributed by atoms with Gasteiger partial charge in [0.15, 0.2) is 0 Å². The molecule has 0 unspecified atom stereocenters. The molecule has 0 atom stereocenters. The number of ether oxygens (including phenoxy) is 2. The summed E-state index contributed by atoms with van der Waals surface area (Å²) in [6.07, 6.45) is 1.66. The highest BCUT2D eigenvalue weighted by Gasteiger charge is 2.10. The maximum atomic E-state index is 12.4. The first-order valence-corrected chi connectivity index (χ1v) is 7.80. The third-order valence-corrected chi connectivity index (χ3v) is 3.80. The summed E-state index contributed by atoms with van der Waals surface area (Å²) in [6, 6.07) is 16.4. The second-order valence-electron chi connectivity index (χ2n) is 5.40. The third kappa shape index (κ3) is 3.98. The van der Waals surface area contributed by atoms with Crippen molar-refractivity contribution in [1.82, 2.24) is 9.78 Å². The van der Waals surface area contributed by atoms with Crippen LogP contribution in [0.2, 0.25) is 0 Å². The number of aromatic nitrogens is 2. The van der Waals surface area contributed by atoms with E-state index in [0.29, 0.717) is 23.7 Å². The predicted octanol–water partition coefficient (Wildman–Crippen LogP) is 3.20. The van der Waals surface area contributed by atoms with E-state index in [-0.39, 0.29) is 5.91 Å². The van der Waals surface area contributed by atoms with Gasteiger partial charge in [-0.3, -0.25) is 4.79 Å². The molecule has 3 rings (SSSR count). The van der Waals surface area contributed by atoms with Crippen LogP contribution in [0.15, 0.2) is 60.8 Å². The molecule has 6 heteroatoms. The van der Waals surface area contributed by atoms with Crippen LogP contribution in [0.4, 0.5) is 5.82 Å². The number of methoxy groups -OCH3 is 2. The molecule has 0 aliphatic heterocycles. The molecule has 0 aliphatic rings. The molecule has 1 aromatic heterocycles. The molecule has 0 fully saturated rings. The lowest BCUT2D eigenvalue weighted by Crippen LogP contribution is -2.16. The van der Waals surface area contributed by atoms with Gasteiger partial charge in [0.1, 0.15) is 17.3 Å². The summed E-state index contributed by atoms with van der Waals surface area (Å²) in [5.74, 6) is 1.95. The van der Waals surface area contributed by atoms with Crippen molar-refractivity contribution in [2.75, 3.05) is 19.5 Å². The van der Waals surface area contributed by atoms with E-state index in [9.17, 15) is 4.79 Å². The number of anilines is 1. The van der Waals surface area contributed by atoms with Gasteiger partial charge in [-0.15, -0.1) is 0 Å². The highest BCUT2D eigenvalue weighted by atomic mass is 16.5. The standard InChI is InChI=1S/C19H19N3O3/c1-24-16-7-3-14(4-8-16)13-22-18(11-12-20-22)21-19(23)15-5-9-17(25-2)10-6-15/h3-12H,13H2,1-2H3,(H,21,23). The minimum atomic E-state index is -0.195. The normalized spacial score (nSPS) is 10.3. The molecule has 0 aliphatic carbocycles. The zero-order valence-corrected chi connectivity index (χ0v) is 14.1. The average Bonchev–Trinajstić information content (AvgIpc) is 3.09. The fraction of sp³-hybridized carbons (Fsp3) is 0.158. The van der Waals surface area contributed by atoms with Crippen molar-refractivity contribution in [3.05, 3.63) is 71.9 Å². The van der Waals surface area contributed by atoms with Crippen molar-refractivity contribution in [2.24, 2.45) is 0 Å². The average molecular weight is 337 g/mol. The smallest absolute Gasteiger partial charge is 0.256 e. The van der Waals surface area contributed by atoms with Gasteiger partial charge in [-0.05, 0) is 42.0 Å². The number of carbonyl (C=O) groups is 1. The zero-order valence-electron chi connectivity index (χ0n) is 14.1. The van der Waals surface area contributed by atoms with E-state index < -0.39 is 0 Å². The summed E-state index contributed by atoms with van der Waals surface area (Å²) in [4.78, 5) is 12.4. The molecule has 128 valence electrons. The molecule has 0 radical (unpaired) electrons. The van der Waals surface area contributed by atoms with Gasteiger partial charge >= 0.3 is 0 Å². The van der Waals surface area contributed by atoms with Crippen molar-refractivity contribution < 1.29 is 14.3 Å². The number of amides is 1. The molecule has 0 saturated carbocycles. The summed E-state index contributed by atoms with van der Waals surface area (Å²) < 4.78 is 12.0. The van der Waals surface area contributed by atoms with E-state index in [1.54, 1.807) is 55.4 Å². The fourth-order valence-corrected chi connectivity index (χ4v) is 2.40. The van der Waals surface area contributed by atoms with Gasteiger partial charge in [0.05, 0.1) is 27.0 Å². The number of hydrogen-bond donors (Lipinski definition) is 1. The maximum Gasteiger partial charge on any atom is 0.256 e. The molecule has 3 aromatic rings. The molecular formula is C19H19N3O3. The van der Waals surface area contributed by atoms with Crippen LogP contribution in [0, 0.1) is 0 Å². The minimum Gasteiger partial charge on any atom is -0.497 e. The Morgan fingerprint density at radius 1 is 0.960 bits per heavy atom. The second kappa shape index (κ2) is 7.53. The van der Waals surface area contributed by atoms with E-state index >= 15 is 0 Å².